The van der Waals surface area contributed by atoms with Crippen LogP contribution in [0.15, 0.2) is 0 Å². The van der Waals surface area contributed by atoms with Crippen LogP contribution in [0.25, 0.3) is 0 Å². The minimum Gasteiger partial charge on any atom is -0.340 e. The van der Waals surface area contributed by atoms with Crippen molar-refractivity contribution >= 4 is 5.91 Å². The molecule has 0 radical (unpaired) electrons. The van der Waals surface area contributed by atoms with Gasteiger partial charge < -0.3 is 10.6 Å². The van der Waals surface area contributed by atoms with E-state index in [-0.39, 0.29) is 5.92 Å². The first-order valence-electron chi connectivity index (χ1n) is 7.14. The molecule has 0 bridgehead atoms. The third-order valence-corrected chi connectivity index (χ3v) is 4.34. The van der Waals surface area contributed by atoms with Crippen molar-refractivity contribution in [2.24, 2.45) is 23.5 Å². The van der Waals surface area contributed by atoms with Crippen molar-refractivity contribution in [1.82, 2.24) is 4.90 Å². The average molecular weight is 238 g/mol. The van der Waals surface area contributed by atoms with Gasteiger partial charge in [0.25, 0.3) is 0 Å². The predicted octanol–water partition coefficient (Wildman–Crippen LogP) is 2.01. The molecule has 2 saturated carbocycles. The summed E-state index contributed by atoms with van der Waals surface area (Å²) < 4.78 is 0. The summed E-state index contributed by atoms with van der Waals surface area (Å²) in [5.41, 5.74) is 5.78. The Morgan fingerprint density at radius 1 is 1.29 bits per heavy atom. The van der Waals surface area contributed by atoms with Gasteiger partial charge in [-0.25, -0.2) is 0 Å². The van der Waals surface area contributed by atoms with E-state index in [1.54, 1.807) is 0 Å². The van der Waals surface area contributed by atoms with Crippen LogP contribution in [0.3, 0.4) is 0 Å². The number of nitrogens with zero attached hydrogens (tertiary/aromatic N) is 1. The Labute approximate surface area is 105 Å². The quantitative estimate of drug-likeness (QED) is 0.796. The fraction of sp³-hybridized carbons (Fsp3) is 0.929. The van der Waals surface area contributed by atoms with Gasteiger partial charge in [-0.1, -0.05) is 6.42 Å². The Kier molecular flexibility index (Phi) is 4.08. The van der Waals surface area contributed by atoms with Crippen molar-refractivity contribution in [3.05, 3.63) is 0 Å². The van der Waals surface area contributed by atoms with Gasteiger partial charge in [0, 0.05) is 18.5 Å². The molecule has 2 aliphatic carbocycles. The van der Waals surface area contributed by atoms with Gasteiger partial charge in [-0.15, -0.1) is 0 Å². The lowest BCUT2D eigenvalue weighted by atomic mass is 9.94. The van der Waals surface area contributed by atoms with Gasteiger partial charge >= 0.3 is 0 Å². The summed E-state index contributed by atoms with van der Waals surface area (Å²) >= 11 is 0. The molecule has 3 heteroatoms. The fourth-order valence-electron chi connectivity index (χ4n) is 2.99. The number of nitrogens with two attached hydrogens (primary N) is 1. The Morgan fingerprint density at radius 2 is 2.00 bits per heavy atom. The molecule has 1 amide bonds. The maximum atomic E-state index is 12.6. The second kappa shape index (κ2) is 5.38. The number of carbonyl (C=O) groups is 1. The molecule has 2 aliphatic rings. The average Bonchev–Trinajstić information content (AvgIpc) is 2.99. The molecule has 2 N–H and O–H groups in total. The van der Waals surface area contributed by atoms with Gasteiger partial charge in [-0.3, -0.25) is 4.79 Å². The van der Waals surface area contributed by atoms with E-state index in [4.69, 9.17) is 5.73 Å². The van der Waals surface area contributed by atoms with Gasteiger partial charge in [0.1, 0.15) is 0 Å². The highest BCUT2D eigenvalue weighted by molar-refractivity contribution is 5.79. The number of hydrogen-bond donors (Lipinski definition) is 1. The molecule has 2 unspecified atom stereocenters. The molecule has 0 aromatic carbocycles. The van der Waals surface area contributed by atoms with Gasteiger partial charge in [0.05, 0.1) is 0 Å². The summed E-state index contributed by atoms with van der Waals surface area (Å²) in [6.07, 6.45) is 5.98. The van der Waals surface area contributed by atoms with E-state index in [1.165, 1.54) is 19.3 Å². The molecule has 0 spiro atoms. The maximum Gasteiger partial charge on any atom is 0.226 e. The highest BCUT2D eigenvalue weighted by Gasteiger charge is 2.37. The smallest absolute Gasteiger partial charge is 0.226 e. The molecule has 0 aliphatic heterocycles. The normalized spacial score (nSPS) is 28.7. The summed E-state index contributed by atoms with van der Waals surface area (Å²) in [5, 5.41) is 0. The highest BCUT2D eigenvalue weighted by Crippen LogP contribution is 2.35. The standard InChI is InChI=1S/C14H26N2O/c1-10(2)16(9-11-6-7-11)14(17)13-5-3-4-12(13)8-15/h10-13H,3-9,15H2,1-2H3. The van der Waals surface area contributed by atoms with Crippen molar-refractivity contribution in [3.8, 4) is 0 Å². The van der Waals surface area contributed by atoms with Crippen LogP contribution in [0.2, 0.25) is 0 Å². The van der Waals surface area contributed by atoms with E-state index in [0.29, 0.717) is 24.4 Å². The van der Waals surface area contributed by atoms with Gasteiger partial charge in [0.15, 0.2) is 0 Å². The van der Waals surface area contributed by atoms with Crippen LogP contribution in [-0.2, 0) is 4.79 Å². The first kappa shape index (κ1) is 12.9. The SMILES string of the molecule is CC(C)N(CC1CC1)C(=O)C1CCCC1CN. The second-order valence-electron chi connectivity index (χ2n) is 6.06. The van der Waals surface area contributed by atoms with Crippen LogP contribution in [-0.4, -0.2) is 29.9 Å². The lowest BCUT2D eigenvalue weighted by Gasteiger charge is -2.31. The van der Waals surface area contributed by atoms with E-state index in [2.05, 4.69) is 18.7 Å². The van der Waals surface area contributed by atoms with E-state index >= 15 is 0 Å². The Balaban J connectivity index is 1.98. The van der Waals surface area contributed by atoms with Crippen molar-refractivity contribution in [2.45, 2.75) is 52.0 Å². The zero-order valence-electron chi connectivity index (χ0n) is 11.2. The number of rotatable bonds is 5. The molecule has 2 fully saturated rings. The molecule has 0 aromatic heterocycles. The molecule has 2 atom stereocenters. The summed E-state index contributed by atoms with van der Waals surface area (Å²) in [7, 11) is 0. The zero-order valence-corrected chi connectivity index (χ0v) is 11.2. The van der Waals surface area contributed by atoms with Gasteiger partial charge in [-0.2, -0.15) is 0 Å². The minimum atomic E-state index is 0.209. The van der Waals surface area contributed by atoms with Crippen molar-refractivity contribution in [1.29, 1.82) is 0 Å². The third-order valence-electron chi connectivity index (χ3n) is 4.34. The summed E-state index contributed by atoms with van der Waals surface area (Å²) in [4.78, 5) is 14.7. The van der Waals surface area contributed by atoms with Crippen LogP contribution >= 0.6 is 0 Å². The Bertz CT molecular complexity index is 273. The summed E-state index contributed by atoms with van der Waals surface area (Å²) in [6, 6.07) is 0.335. The molecule has 0 saturated heterocycles. The van der Waals surface area contributed by atoms with Crippen LogP contribution in [0.5, 0.6) is 0 Å². The molecule has 0 heterocycles. The zero-order chi connectivity index (χ0) is 12.4. The van der Waals surface area contributed by atoms with Crippen LogP contribution < -0.4 is 5.73 Å². The predicted molar refractivity (Wildman–Crippen MR) is 69.5 cm³/mol. The van der Waals surface area contributed by atoms with E-state index < -0.39 is 0 Å². The largest absolute Gasteiger partial charge is 0.340 e. The monoisotopic (exact) mass is 238 g/mol. The van der Waals surface area contributed by atoms with Crippen LogP contribution in [0, 0.1) is 17.8 Å². The first-order valence-corrected chi connectivity index (χ1v) is 7.14. The fourth-order valence-corrected chi connectivity index (χ4v) is 2.99. The lowest BCUT2D eigenvalue weighted by molar-refractivity contribution is -0.138. The van der Waals surface area contributed by atoms with Gasteiger partial charge in [0.2, 0.25) is 5.91 Å². The van der Waals surface area contributed by atoms with Crippen molar-refractivity contribution in [2.75, 3.05) is 13.1 Å². The molecule has 17 heavy (non-hydrogen) atoms. The molecule has 2 rings (SSSR count). The number of carbonyl (C=O) groups excluding carboxylic acids is 1. The second-order valence-corrected chi connectivity index (χ2v) is 6.06. The first-order chi connectivity index (χ1) is 8.13. The van der Waals surface area contributed by atoms with Crippen molar-refractivity contribution in [3.63, 3.8) is 0 Å². The number of amides is 1. The number of hydrogen-bond acceptors (Lipinski definition) is 2. The van der Waals surface area contributed by atoms with E-state index in [1.807, 2.05) is 0 Å². The topological polar surface area (TPSA) is 46.3 Å². The van der Waals surface area contributed by atoms with Gasteiger partial charge in [-0.05, 0) is 57.9 Å². The third kappa shape index (κ3) is 3.01. The summed E-state index contributed by atoms with van der Waals surface area (Å²) in [6.45, 7) is 5.91. The van der Waals surface area contributed by atoms with E-state index in [0.717, 1.165) is 25.3 Å². The molecule has 3 nitrogen and oxygen atoms in total. The highest BCUT2D eigenvalue weighted by atomic mass is 16.2. The molecule has 0 aromatic rings. The Morgan fingerprint density at radius 3 is 2.53 bits per heavy atom. The molecular formula is C14H26N2O. The van der Waals surface area contributed by atoms with Crippen LogP contribution in [0.1, 0.15) is 46.0 Å². The minimum absolute atomic E-state index is 0.209. The molecule has 98 valence electrons. The maximum absolute atomic E-state index is 12.6. The lowest BCUT2D eigenvalue weighted by Crippen LogP contribution is -2.44. The summed E-state index contributed by atoms with van der Waals surface area (Å²) in [5.74, 6) is 1.79. The van der Waals surface area contributed by atoms with Crippen molar-refractivity contribution < 1.29 is 4.79 Å². The molecular weight excluding hydrogens is 212 g/mol. The Hall–Kier alpha value is -0.570. The van der Waals surface area contributed by atoms with E-state index in [9.17, 15) is 4.79 Å². The van der Waals surface area contributed by atoms with Crippen LogP contribution in [0.4, 0.5) is 0 Å².